The third kappa shape index (κ3) is 3.74. The molecule has 0 aromatic heterocycles. The molecule has 2 aromatic carbocycles. The van der Waals surface area contributed by atoms with Gasteiger partial charge in [-0.25, -0.2) is 8.78 Å². The van der Waals surface area contributed by atoms with Crippen LogP contribution in [0, 0.1) is 11.6 Å². The van der Waals surface area contributed by atoms with E-state index in [2.05, 4.69) is 21.2 Å². The summed E-state index contributed by atoms with van der Waals surface area (Å²) in [5.74, 6) is -2.00. The van der Waals surface area contributed by atoms with E-state index in [0.717, 1.165) is 17.7 Å². The van der Waals surface area contributed by atoms with Crippen molar-refractivity contribution in [1.29, 1.82) is 0 Å². The van der Waals surface area contributed by atoms with Gasteiger partial charge in [0.1, 0.15) is 11.6 Å². The Bertz CT molecular complexity index is 633. The largest absolute Gasteiger partial charge is 0.322 e. The van der Waals surface area contributed by atoms with Crippen molar-refractivity contribution >= 4 is 33.6 Å². The molecule has 2 nitrogen and oxygen atoms in total. The molecule has 2 rings (SSSR count). The predicted octanol–water partition coefficient (Wildman–Crippen LogP) is 4.38. The van der Waals surface area contributed by atoms with Gasteiger partial charge in [-0.2, -0.15) is 0 Å². The number of carbonyl (C=O) groups excluding carboxylic acids is 1. The fraction of sp³-hybridized carbons (Fsp3) is 0. The quantitative estimate of drug-likeness (QED) is 0.653. The molecule has 1 amide bonds. The highest BCUT2D eigenvalue weighted by molar-refractivity contribution is 9.10. The Morgan fingerprint density at radius 1 is 1.10 bits per heavy atom. The highest BCUT2D eigenvalue weighted by Gasteiger charge is 2.09. The molecule has 0 aliphatic heterocycles. The molecular weight excluding hydrogens is 328 g/mol. The maximum atomic E-state index is 13.3. The van der Waals surface area contributed by atoms with E-state index in [4.69, 9.17) is 0 Å². The number of halogens is 3. The molecule has 0 aliphatic rings. The lowest BCUT2D eigenvalue weighted by Crippen LogP contribution is -2.08. The van der Waals surface area contributed by atoms with Gasteiger partial charge in [-0.15, -0.1) is 0 Å². The molecule has 0 saturated carbocycles. The third-order valence-corrected chi connectivity index (χ3v) is 3.24. The third-order valence-electron chi connectivity index (χ3n) is 2.48. The standard InChI is InChI=1S/C15H10BrF2NO/c16-15-12(17)8-11(9-13(15)18)19-14(20)7-6-10-4-2-1-3-5-10/h1-9H,(H,19,20)/b7-6+. The fourth-order valence-corrected chi connectivity index (χ4v) is 1.78. The Morgan fingerprint density at radius 3 is 2.30 bits per heavy atom. The van der Waals surface area contributed by atoms with E-state index < -0.39 is 17.5 Å². The highest BCUT2D eigenvalue weighted by atomic mass is 79.9. The van der Waals surface area contributed by atoms with Gasteiger partial charge in [0.2, 0.25) is 5.91 Å². The summed E-state index contributed by atoms with van der Waals surface area (Å²) < 4.78 is 26.3. The molecule has 0 atom stereocenters. The van der Waals surface area contributed by atoms with Crippen LogP contribution in [0.3, 0.4) is 0 Å². The van der Waals surface area contributed by atoms with Crippen LogP contribution < -0.4 is 5.32 Å². The molecule has 1 N–H and O–H groups in total. The second kappa shape index (κ2) is 6.43. The average Bonchev–Trinajstić information content (AvgIpc) is 2.43. The van der Waals surface area contributed by atoms with Crippen molar-refractivity contribution < 1.29 is 13.6 Å². The van der Waals surface area contributed by atoms with E-state index in [9.17, 15) is 13.6 Å². The molecule has 0 aliphatic carbocycles. The van der Waals surface area contributed by atoms with E-state index in [-0.39, 0.29) is 10.2 Å². The van der Waals surface area contributed by atoms with Crippen LogP contribution in [0.25, 0.3) is 6.08 Å². The Kier molecular flexibility index (Phi) is 4.63. The molecule has 20 heavy (non-hydrogen) atoms. The number of rotatable bonds is 3. The van der Waals surface area contributed by atoms with Crippen molar-refractivity contribution in [3.63, 3.8) is 0 Å². The van der Waals surface area contributed by atoms with E-state index >= 15 is 0 Å². The molecule has 0 spiro atoms. The number of nitrogens with one attached hydrogen (secondary N) is 1. The van der Waals surface area contributed by atoms with Crippen LogP contribution in [-0.4, -0.2) is 5.91 Å². The molecule has 102 valence electrons. The lowest BCUT2D eigenvalue weighted by molar-refractivity contribution is -0.111. The number of hydrogen-bond acceptors (Lipinski definition) is 1. The van der Waals surface area contributed by atoms with Gasteiger partial charge in [-0.1, -0.05) is 30.3 Å². The molecule has 0 bridgehead atoms. The van der Waals surface area contributed by atoms with Crippen molar-refractivity contribution in [2.45, 2.75) is 0 Å². The Morgan fingerprint density at radius 2 is 1.70 bits per heavy atom. The normalized spacial score (nSPS) is 10.8. The van der Waals surface area contributed by atoms with Crippen molar-refractivity contribution in [1.82, 2.24) is 0 Å². The minimum Gasteiger partial charge on any atom is -0.322 e. The van der Waals surface area contributed by atoms with Gasteiger partial charge >= 0.3 is 0 Å². The van der Waals surface area contributed by atoms with E-state index in [1.165, 1.54) is 6.08 Å². The van der Waals surface area contributed by atoms with Crippen molar-refractivity contribution in [2.24, 2.45) is 0 Å². The summed E-state index contributed by atoms with van der Waals surface area (Å²) in [6, 6.07) is 11.3. The zero-order valence-electron chi connectivity index (χ0n) is 10.2. The number of benzene rings is 2. The topological polar surface area (TPSA) is 29.1 Å². The minimum absolute atomic E-state index is 0.0610. The summed E-state index contributed by atoms with van der Waals surface area (Å²) in [6.07, 6.45) is 2.91. The zero-order valence-corrected chi connectivity index (χ0v) is 11.8. The van der Waals surface area contributed by atoms with Crippen LogP contribution >= 0.6 is 15.9 Å². The van der Waals surface area contributed by atoms with Crippen molar-refractivity contribution in [3.05, 3.63) is 70.2 Å². The lowest BCUT2D eigenvalue weighted by atomic mass is 10.2. The molecule has 5 heteroatoms. The summed E-state index contributed by atoms with van der Waals surface area (Å²) in [4.78, 5) is 11.6. The Labute approximate surface area is 123 Å². The van der Waals surface area contributed by atoms with Gasteiger partial charge in [0.15, 0.2) is 0 Å². The molecule has 2 aromatic rings. The second-order valence-corrected chi connectivity index (χ2v) is 4.78. The first-order chi connectivity index (χ1) is 9.56. The molecule has 0 unspecified atom stereocenters. The highest BCUT2D eigenvalue weighted by Crippen LogP contribution is 2.23. The zero-order chi connectivity index (χ0) is 14.5. The predicted molar refractivity (Wildman–Crippen MR) is 78.2 cm³/mol. The van der Waals surface area contributed by atoms with Gasteiger partial charge < -0.3 is 5.32 Å². The van der Waals surface area contributed by atoms with E-state index in [1.807, 2.05) is 30.3 Å². The number of hydrogen-bond donors (Lipinski definition) is 1. The maximum Gasteiger partial charge on any atom is 0.248 e. The van der Waals surface area contributed by atoms with Crippen LogP contribution in [0.2, 0.25) is 0 Å². The van der Waals surface area contributed by atoms with Gasteiger partial charge in [0.25, 0.3) is 0 Å². The van der Waals surface area contributed by atoms with Crippen LogP contribution in [0.1, 0.15) is 5.56 Å². The van der Waals surface area contributed by atoms with Crippen LogP contribution in [0.4, 0.5) is 14.5 Å². The van der Waals surface area contributed by atoms with Gasteiger partial charge in [0, 0.05) is 11.8 Å². The van der Waals surface area contributed by atoms with Gasteiger partial charge in [0.05, 0.1) is 4.47 Å². The van der Waals surface area contributed by atoms with Gasteiger partial charge in [-0.05, 0) is 39.7 Å². The van der Waals surface area contributed by atoms with E-state index in [0.29, 0.717) is 0 Å². The number of carbonyl (C=O) groups is 1. The van der Waals surface area contributed by atoms with Crippen molar-refractivity contribution in [2.75, 3.05) is 5.32 Å². The maximum absolute atomic E-state index is 13.3. The first-order valence-electron chi connectivity index (χ1n) is 5.75. The Hall–Kier alpha value is -2.01. The summed E-state index contributed by atoms with van der Waals surface area (Å²) in [7, 11) is 0. The fourth-order valence-electron chi connectivity index (χ4n) is 1.55. The first-order valence-corrected chi connectivity index (χ1v) is 6.54. The second-order valence-electron chi connectivity index (χ2n) is 3.99. The first kappa shape index (κ1) is 14.4. The minimum atomic E-state index is -0.771. The summed E-state index contributed by atoms with van der Waals surface area (Å²) in [6.45, 7) is 0. The number of anilines is 1. The monoisotopic (exact) mass is 337 g/mol. The summed E-state index contributed by atoms with van der Waals surface area (Å²) >= 11 is 2.76. The van der Waals surface area contributed by atoms with Crippen molar-refractivity contribution in [3.8, 4) is 0 Å². The molecule has 0 radical (unpaired) electrons. The molecule has 0 saturated heterocycles. The smallest absolute Gasteiger partial charge is 0.248 e. The van der Waals surface area contributed by atoms with Crippen LogP contribution in [0.5, 0.6) is 0 Å². The number of amides is 1. The molecule has 0 heterocycles. The van der Waals surface area contributed by atoms with E-state index in [1.54, 1.807) is 6.08 Å². The average molecular weight is 338 g/mol. The summed E-state index contributed by atoms with van der Waals surface area (Å²) in [5, 5.41) is 2.39. The molecule has 0 fully saturated rings. The van der Waals surface area contributed by atoms with Crippen LogP contribution in [-0.2, 0) is 4.79 Å². The lowest BCUT2D eigenvalue weighted by Gasteiger charge is -2.04. The Balaban J connectivity index is 2.07. The van der Waals surface area contributed by atoms with Gasteiger partial charge in [-0.3, -0.25) is 4.79 Å². The van der Waals surface area contributed by atoms with Crippen LogP contribution in [0.15, 0.2) is 53.0 Å². The molecular formula is C15H10BrF2NO. The SMILES string of the molecule is O=C(/C=C/c1ccccc1)Nc1cc(F)c(Br)c(F)c1. The summed E-state index contributed by atoms with van der Waals surface area (Å²) in [5.41, 5.74) is 0.918.